The van der Waals surface area contributed by atoms with Crippen LogP contribution in [-0.4, -0.2) is 45.8 Å². The minimum atomic E-state index is -3.86. The number of benzene rings is 1. The van der Waals surface area contributed by atoms with Crippen LogP contribution in [0.25, 0.3) is 0 Å². The van der Waals surface area contributed by atoms with Crippen LogP contribution in [0.1, 0.15) is 43.0 Å². The van der Waals surface area contributed by atoms with E-state index in [4.69, 9.17) is 0 Å². The molecule has 0 unspecified atom stereocenters. The summed E-state index contributed by atoms with van der Waals surface area (Å²) >= 11 is 0. The summed E-state index contributed by atoms with van der Waals surface area (Å²) in [6.07, 6.45) is 3.51. The third-order valence-electron chi connectivity index (χ3n) is 4.51. The maximum Gasteiger partial charge on any atom is 0.328 e. The van der Waals surface area contributed by atoms with Crippen LogP contribution in [0.15, 0.2) is 27.5 Å². The molecule has 3 rings (SSSR count). The standard InChI is InChI=1S/C17H21N3O5S/c1-11(17(22)25-2)18-16(21)12-7-8-13-14(10-12)26(23,24)19-15-6-4-3-5-9-20(13)15/h7-8,10-11H,3-6,9H2,1-2H3,(H,18,21)/t11-/m1/s1. The van der Waals surface area contributed by atoms with Gasteiger partial charge in [-0.15, -0.1) is 4.40 Å². The van der Waals surface area contributed by atoms with Gasteiger partial charge in [0.05, 0.1) is 12.8 Å². The van der Waals surface area contributed by atoms with E-state index in [0.717, 1.165) is 19.3 Å². The van der Waals surface area contributed by atoms with Gasteiger partial charge in [-0.05, 0) is 38.0 Å². The summed E-state index contributed by atoms with van der Waals surface area (Å²) in [5.41, 5.74) is 0.700. The predicted molar refractivity (Wildman–Crippen MR) is 95.8 cm³/mol. The van der Waals surface area contributed by atoms with Crippen LogP contribution < -0.4 is 10.2 Å². The number of amidine groups is 1. The van der Waals surface area contributed by atoms with Crippen molar-refractivity contribution in [2.24, 2.45) is 4.40 Å². The van der Waals surface area contributed by atoms with Crippen molar-refractivity contribution in [2.75, 3.05) is 18.6 Å². The largest absolute Gasteiger partial charge is 0.467 e. The first-order valence-electron chi connectivity index (χ1n) is 8.47. The van der Waals surface area contributed by atoms with Gasteiger partial charge in [0, 0.05) is 18.5 Å². The second kappa shape index (κ2) is 7.06. The minimum absolute atomic E-state index is 0.0153. The number of fused-ring (bicyclic) bond motifs is 3. The Kier molecular flexibility index (Phi) is 4.99. The van der Waals surface area contributed by atoms with Crippen LogP contribution in [-0.2, 0) is 19.6 Å². The van der Waals surface area contributed by atoms with E-state index in [2.05, 4.69) is 14.5 Å². The van der Waals surface area contributed by atoms with Crippen LogP contribution in [0.5, 0.6) is 0 Å². The Balaban J connectivity index is 1.94. The van der Waals surface area contributed by atoms with E-state index in [1.54, 1.807) is 12.1 Å². The smallest absolute Gasteiger partial charge is 0.328 e. The van der Waals surface area contributed by atoms with Gasteiger partial charge in [0.1, 0.15) is 16.8 Å². The molecule has 0 spiro atoms. The summed E-state index contributed by atoms with van der Waals surface area (Å²) in [5.74, 6) is -0.569. The molecule has 2 heterocycles. The zero-order valence-corrected chi connectivity index (χ0v) is 15.5. The molecule has 2 aliphatic rings. The summed E-state index contributed by atoms with van der Waals surface area (Å²) in [4.78, 5) is 25.7. The van der Waals surface area contributed by atoms with E-state index in [-0.39, 0.29) is 10.5 Å². The van der Waals surface area contributed by atoms with Crippen LogP contribution in [0.2, 0.25) is 0 Å². The third-order valence-corrected chi connectivity index (χ3v) is 5.85. The molecule has 2 aliphatic heterocycles. The fraction of sp³-hybridized carbons (Fsp3) is 0.471. The molecular weight excluding hydrogens is 358 g/mol. The number of methoxy groups -OCH3 is 1. The van der Waals surface area contributed by atoms with E-state index in [1.165, 1.54) is 20.1 Å². The SMILES string of the molecule is COC(=O)[C@@H](C)NC(=O)c1ccc2c(c1)S(=O)(=O)N=C1CCCCCN12. The van der Waals surface area contributed by atoms with Crippen LogP contribution in [0.4, 0.5) is 5.69 Å². The van der Waals surface area contributed by atoms with Crippen molar-refractivity contribution in [3.05, 3.63) is 23.8 Å². The summed E-state index contributed by atoms with van der Waals surface area (Å²) in [6, 6.07) is 3.66. The molecule has 1 saturated heterocycles. The number of carbonyl (C=O) groups is 2. The quantitative estimate of drug-likeness (QED) is 0.797. The highest BCUT2D eigenvalue weighted by Crippen LogP contribution is 2.34. The lowest BCUT2D eigenvalue weighted by Crippen LogP contribution is -2.39. The molecule has 1 atom stereocenters. The maximum atomic E-state index is 12.6. The maximum absolute atomic E-state index is 12.6. The predicted octanol–water partition coefficient (Wildman–Crippen LogP) is 1.46. The highest BCUT2D eigenvalue weighted by atomic mass is 32.2. The number of rotatable bonds is 3. The molecule has 0 aromatic heterocycles. The average molecular weight is 379 g/mol. The summed E-state index contributed by atoms with van der Waals surface area (Å²) in [5, 5.41) is 2.49. The highest BCUT2D eigenvalue weighted by molar-refractivity contribution is 7.90. The molecule has 1 fully saturated rings. The second-order valence-electron chi connectivity index (χ2n) is 6.35. The van der Waals surface area contributed by atoms with Crippen LogP contribution in [0.3, 0.4) is 0 Å². The number of carbonyl (C=O) groups excluding carboxylic acids is 2. The fourth-order valence-electron chi connectivity index (χ4n) is 3.14. The molecule has 0 aliphatic carbocycles. The Labute approximate surface area is 152 Å². The van der Waals surface area contributed by atoms with Crippen molar-refractivity contribution in [1.82, 2.24) is 5.32 Å². The normalized spacial score (nSPS) is 19.3. The Bertz CT molecular complexity index is 878. The lowest BCUT2D eigenvalue weighted by atomic mass is 10.1. The van der Waals surface area contributed by atoms with Gasteiger partial charge in [-0.1, -0.05) is 6.42 Å². The fourth-order valence-corrected chi connectivity index (χ4v) is 4.42. The lowest BCUT2D eigenvalue weighted by molar-refractivity contribution is -0.142. The molecule has 9 heteroatoms. The van der Waals surface area contributed by atoms with Gasteiger partial charge < -0.3 is 15.0 Å². The zero-order valence-electron chi connectivity index (χ0n) is 14.7. The van der Waals surface area contributed by atoms with Crippen molar-refractivity contribution >= 4 is 33.4 Å². The van der Waals surface area contributed by atoms with Crippen molar-refractivity contribution in [1.29, 1.82) is 0 Å². The number of ether oxygens (including phenoxy) is 1. The summed E-state index contributed by atoms with van der Waals surface area (Å²) in [6.45, 7) is 2.19. The zero-order chi connectivity index (χ0) is 18.9. The van der Waals surface area contributed by atoms with E-state index < -0.39 is 27.9 Å². The van der Waals surface area contributed by atoms with E-state index in [1.807, 2.05) is 4.90 Å². The third kappa shape index (κ3) is 3.44. The van der Waals surface area contributed by atoms with Crippen molar-refractivity contribution in [3.8, 4) is 0 Å². The van der Waals surface area contributed by atoms with Crippen LogP contribution >= 0.6 is 0 Å². The summed E-state index contributed by atoms with van der Waals surface area (Å²) < 4.78 is 33.7. The Morgan fingerprint density at radius 1 is 1.27 bits per heavy atom. The number of sulfonamides is 1. The second-order valence-corrected chi connectivity index (χ2v) is 7.92. The summed E-state index contributed by atoms with van der Waals surface area (Å²) in [7, 11) is -2.63. The average Bonchev–Trinajstić information content (AvgIpc) is 2.85. The lowest BCUT2D eigenvalue weighted by Gasteiger charge is -2.29. The first kappa shape index (κ1) is 18.4. The number of esters is 1. The molecule has 26 heavy (non-hydrogen) atoms. The number of hydrogen-bond acceptors (Lipinski definition) is 6. The molecule has 1 N–H and O–H groups in total. The number of anilines is 1. The minimum Gasteiger partial charge on any atom is -0.467 e. The molecule has 0 saturated carbocycles. The Hall–Kier alpha value is -2.42. The molecule has 0 radical (unpaired) electrons. The molecule has 140 valence electrons. The van der Waals surface area contributed by atoms with Gasteiger partial charge in [-0.25, -0.2) is 4.79 Å². The molecule has 1 aromatic carbocycles. The van der Waals surface area contributed by atoms with E-state index in [9.17, 15) is 18.0 Å². The first-order valence-corrected chi connectivity index (χ1v) is 9.91. The monoisotopic (exact) mass is 379 g/mol. The molecule has 0 bridgehead atoms. The number of nitrogens with one attached hydrogen (secondary N) is 1. The molecule has 1 aromatic rings. The molecular formula is C17H21N3O5S. The van der Waals surface area contributed by atoms with E-state index in [0.29, 0.717) is 24.5 Å². The highest BCUT2D eigenvalue weighted by Gasteiger charge is 2.32. The van der Waals surface area contributed by atoms with Crippen molar-refractivity contribution in [2.45, 2.75) is 43.5 Å². The van der Waals surface area contributed by atoms with Gasteiger partial charge >= 0.3 is 5.97 Å². The van der Waals surface area contributed by atoms with Gasteiger partial charge in [0.2, 0.25) is 0 Å². The molecule has 1 amide bonds. The number of hydrogen-bond donors (Lipinski definition) is 1. The van der Waals surface area contributed by atoms with Gasteiger partial charge in [-0.3, -0.25) is 4.79 Å². The Morgan fingerprint density at radius 3 is 2.77 bits per heavy atom. The van der Waals surface area contributed by atoms with Gasteiger partial charge in [0.25, 0.3) is 15.9 Å². The first-order chi connectivity index (χ1) is 12.3. The van der Waals surface area contributed by atoms with Crippen molar-refractivity contribution in [3.63, 3.8) is 0 Å². The number of amides is 1. The Morgan fingerprint density at radius 2 is 2.04 bits per heavy atom. The van der Waals surface area contributed by atoms with Crippen molar-refractivity contribution < 1.29 is 22.7 Å². The number of nitrogens with zero attached hydrogens (tertiary/aromatic N) is 2. The van der Waals surface area contributed by atoms with Gasteiger partial charge in [0.15, 0.2) is 0 Å². The van der Waals surface area contributed by atoms with Crippen LogP contribution in [0, 0.1) is 0 Å². The van der Waals surface area contributed by atoms with E-state index >= 15 is 0 Å². The topological polar surface area (TPSA) is 105 Å². The van der Waals surface area contributed by atoms with Gasteiger partial charge in [-0.2, -0.15) is 8.42 Å². The molecule has 8 nitrogen and oxygen atoms in total.